The van der Waals surface area contributed by atoms with Crippen LogP contribution in [-0.2, 0) is 57.2 Å². The number of carbonyl (C=O) groups is 6. The van der Waals surface area contributed by atoms with E-state index < -0.39 is 0 Å². The van der Waals surface area contributed by atoms with Gasteiger partial charge in [-0.1, -0.05) is 95.9 Å². The smallest absolute Gasteiger partial charge is 0.306 e. The molecule has 14 aliphatic carbocycles. The van der Waals surface area contributed by atoms with Crippen molar-refractivity contribution in [2.45, 2.75) is 339 Å². The zero-order valence-electron chi connectivity index (χ0n) is 71.3. The van der Waals surface area contributed by atoms with Crippen LogP contribution in [0.15, 0.2) is 0 Å². The van der Waals surface area contributed by atoms with E-state index in [-0.39, 0.29) is 54.1 Å². The average Bonchev–Trinajstić information content (AvgIpc) is 1.53. The van der Waals surface area contributed by atoms with Crippen LogP contribution in [0.5, 0.6) is 0 Å². The summed E-state index contributed by atoms with van der Waals surface area (Å²) in [7, 11) is 0. The minimum absolute atomic E-state index is 0.00798. The van der Waals surface area contributed by atoms with E-state index in [0.717, 1.165) is 253 Å². The average molecular weight is 1530 g/mol. The summed E-state index contributed by atoms with van der Waals surface area (Å²) in [5, 5.41) is 0. The van der Waals surface area contributed by atoms with E-state index in [0.29, 0.717) is 76.1 Å². The van der Waals surface area contributed by atoms with Gasteiger partial charge in [0, 0.05) is 38.0 Å². The molecule has 0 aromatic carbocycles. The van der Waals surface area contributed by atoms with Gasteiger partial charge in [-0.25, -0.2) is 0 Å². The standard InChI is InChI=1S/C18H26O2.C17H28O2.3C16H26O2.C15H24O2/c1-8-9(2)12-7-11(8)17-10-5-13(14(6-10)18(12)17)15-3-4-16(19)20-15;1-11-12(2)16-10-14(11)9-13(16)5-3-4-6-15-7-8-17(18)19-15;1-10-11(2)15-8-14(10)7-13(15)5-3-12-4-6-16(17)18-9-12;1-10-11(2)15-9-14(10)8-13(15)4-3-12-5-6-18-16(17)7-12;1-10-11(2)15-9-13(10)8-12(15)6-7-14-4-3-5-16(17)18-14;1-9-10(2)14-7-13(9)6-12(14)4-3-11-5-15(16)17-8-11/h8-15,17-18H,3-7H2,1-2H3;11-16H,3-10H2,1-2H3;3*10-15H,3-9H2,1-2H3;9-14H,3-8H2,1-2H3. The van der Waals surface area contributed by atoms with Crippen molar-refractivity contribution in [3.8, 4) is 0 Å². The van der Waals surface area contributed by atoms with Crippen molar-refractivity contribution in [3.63, 3.8) is 0 Å². The molecule has 20 aliphatic rings. The summed E-state index contributed by atoms with van der Waals surface area (Å²) in [6.45, 7) is 31.6. The number of hydrogen-bond acceptors (Lipinski definition) is 12. The van der Waals surface area contributed by atoms with Crippen molar-refractivity contribution < 1.29 is 57.2 Å². The van der Waals surface area contributed by atoms with E-state index in [1.807, 2.05) is 0 Å². The molecule has 0 amide bonds. The van der Waals surface area contributed by atoms with Gasteiger partial charge in [0.05, 0.1) is 26.2 Å². The number of unbranched alkanes of at least 4 members (excludes halogenated alkanes) is 1. The van der Waals surface area contributed by atoms with Crippen molar-refractivity contribution in [2.75, 3.05) is 19.8 Å². The molecule has 6 heterocycles. The fourth-order valence-corrected chi connectivity index (χ4v) is 31.6. The molecule has 20 rings (SSSR count). The Bertz CT molecular complexity index is 3040. The zero-order chi connectivity index (χ0) is 77.1. The van der Waals surface area contributed by atoms with E-state index in [1.165, 1.54) is 148 Å². The van der Waals surface area contributed by atoms with Gasteiger partial charge in [0.15, 0.2) is 0 Å². The third kappa shape index (κ3) is 17.7. The SMILES string of the molecule is CC1C(C)C2CC1C1C3CC(C4CCC(=O)O4)C(C3)C21.CC1C2CC(CCC3CCC(=O)OC3)C(C2)C1C.CC1C2CC(CCC3CCCC(=O)O3)C(C2)C1C.CC1C2CC(CCC3CCOC(=O)C3)C(C2)C1C.CC1C2CC(CCC3COC(=O)C3)C(C2)C1C.CC1C2CC(CCCCC3CCC(=O)O3)C(C2)C1C. The Balaban J connectivity index is 0.000000105. The summed E-state index contributed by atoms with van der Waals surface area (Å²) in [5.74, 6) is 34.7. The van der Waals surface area contributed by atoms with Crippen molar-refractivity contribution in [1.29, 1.82) is 0 Å². The Morgan fingerprint density at radius 3 is 1.11 bits per heavy atom. The molecule has 620 valence electrons. The van der Waals surface area contributed by atoms with Gasteiger partial charge < -0.3 is 28.4 Å². The highest BCUT2D eigenvalue weighted by molar-refractivity contribution is 5.73. The predicted molar refractivity (Wildman–Crippen MR) is 431 cm³/mol. The van der Waals surface area contributed by atoms with Crippen LogP contribution in [0.1, 0.15) is 321 Å². The van der Waals surface area contributed by atoms with E-state index in [2.05, 4.69) is 83.1 Å². The lowest BCUT2D eigenvalue weighted by Gasteiger charge is -2.44. The fourth-order valence-electron chi connectivity index (χ4n) is 31.6. The monoisotopic (exact) mass is 1530 g/mol. The van der Waals surface area contributed by atoms with Gasteiger partial charge in [-0.2, -0.15) is 0 Å². The van der Waals surface area contributed by atoms with Crippen LogP contribution in [0.3, 0.4) is 0 Å². The first-order chi connectivity index (χ1) is 52.9. The fraction of sp³-hybridized carbons (Fsp3) is 0.939. The molecule has 6 saturated heterocycles. The summed E-state index contributed by atoms with van der Waals surface area (Å²) < 4.78 is 31.6. The molecule has 0 N–H and O–H groups in total. The molecule has 0 radical (unpaired) electrons. The van der Waals surface area contributed by atoms with Crippen LogP contribution in [0.4, 0.5) is 0 Å². The second-order valence-electron chi connectivity index (χ2n) is 43.6. The third-order valence-electron chi connectivity index (χ3n) is 39.1. The number of carbonyl (C=O) groups excluding carboxylic acids is 6. The lowest BCUT2D eigenvalue weighted by Crippen LogP contribution is -2.41. The molecule has 40 unspecified atom stereocenters. The van der Waals surface area contributed by atoms with Crippen molar-refractivity contribution in [2.24, 2.45) is 219 Å². The molecule has 40 atom stereocenters. The maximum absolute atomic E-state index is 11.4. The lowest BCUT2D eigenvalue weighted by atomic mass is 9.61. The molecule has 110 heavy (non-hydrogen) atoms. The largest absolute Gasteiger partial charge is 0.466 e. The topological polar surface area (TPSA) is 158 Å². The number of rotatable bonds is 18. The minimum Gasteiger partial charge on any atom is -0.466 e. The summed E-state index contributed by atoms with van der Waals surface area (Å²) in [4.78, 5) is 67.1. The van der Waals surface area contributed by atoms with Gasteiger partial charge in [0.2, 0.25) is 0 Å². The summed E-state index contributed by atoms with van der Waals surface area (Å²) in [6.07, 6.45) is 45.4. The number of hydrogen-bond donors (Lipinski definition) is 0. The Morgan fingerprint density at radius 1 is 0.264 bits per heavy atom. The number of ether oxygens (including phenoxy) is 6. The lowest BCUT2D eigenvalue weighted by molar-refractivity contribution is -0.154. The zero-order valence-corrected chi connectivity index (χ0v) is 71.3. The van der Waals surface area contributed by atoms with Crippen LogP contribution in [-0.4, -0.2) is 73.9 Å². The molecule has 20 fully saturated rings. The maximum Gasteiger partial charge on any atom is 0.306 e. The molecule has 0 spiro atoms. The van der Waals surface area contributed by atoms with Crippen molar-refractivity contribution >= 4 is 35.8 Å². The molecule has 14 bridgehead atoms. The number of esters is 6. The van der Waals surface area contributed by atoms with Gasteiger partial charge in [0.1, 0.15) is 18.3 Å². The van der Waals surface area contributed by atoms with Crippen molar-refractivity contribution in [3.05, 3.63) is 0 Å². The molecular formula is C98H156O12. The number of fused-ring (bicyclic) bond motifs is 19. The van der Waals surface area contributed by atoms with Crippen LogP contribution in [0, 0.1) is 219 Å². The summed E-state index contributed by atoms with van der Waals surface area (Å²) in [6, 6.07) is 0. The Morgan fingerprint density at radius 2 is 0.655 bits per heavy atom. The highest BCUT2D eigenvalue weighted by atomic mass is 16.6. The van der Waals surface area contributed by atoms with E-state index in [4.69, 9.17) is 28.4 Å². The Kier molecular flexibility index (Phi) is 26.5. The highest BCUT2D eigenvalue weighted by Gasteiger charge is 2.67. The Hall–Kier alpha value is -3.18. The molecule has 12 nitrogen and oxygen atoms in total. The van der Waals surface area contributed by atoms with Crippen molar-refractivity contribution in [1.82, 2.24) is 0 Å². The molecule has 0 aromatic heterocycles. The normalized spacial score (nSPS) is 50.0. The van der Waals surface area contributed by atoms with Gasteiger partial charge in [-0.05, 0) is 399 Å². The van der Waals surface area contributed by atoms with Crippen LogP contribution < -0.4 is 0 Å². The second-order valence-corrected chi connectivity index (χ2v) is 43.6. The van der Waals surface area contributed by atoms with E-state index in [1.54, 1.807) is 0 Å². The van der Waals surface area contributed by atoms with Crippen LogP contribution >= 0.6 is 0 Å². The van der Waals surface area contributed by atoms with Gasteiger partial charge in [-0.15, -0.1) is 0 Å². The highest BCUT2D eigenvalue weighted by Crippen LogP contribution is 2.72. The van der Waals surface area contributed by atoms with Gasteiger partial charge >= 0.3 is 35.8 Å². The molecule has 0 aromatic rings. The minimum atomic E-state index is 0.00798. The maximum atomic E-state index is 11.4. The van der Waals surface area contributed by atoms with Crippen LogP contribution in [0.2, 0.25) is 0 Å². The van der Waals surface area contributed by atoms with Gasteiger partial charge in [0.25, 0.3) is 0 Å². The molecule has 14 saturated carbocycles. The molecular weight excluding hydrogens is 1370 g/mol. The van der Waals surface area contributed by atoms with Gasteiger partial charge in [-0.3, -0.25) is 28.8 Å². The predicted octanol–water partition coefficient (Wildman–Crippen LogP) is 22.0. The first-order valence-electron chi connectivity index (χ1n) is 47.9. The quantitative estimate of drug-likeness (QED) is 0.0554. The van der Waals surface area contributed by atoms with E-state index in [9.17, 15) is 28.8 Å². The summed E-state index contributed by atoms with van der Waals surface area (Å²) in [5.41, 5.74) is 0. The second kappa shape index (κ2) is 35.6. The summed E-state index contributed by atoms with van der Waals surface area (Å²) >= 11 is 0. The number of cyclic esters (lactones) is 6. The molecule has 12 heteroatoms. The van der Waals surface area contributed by atoms with Crippen LogP contribution in [0.25, 0.3) is 0 Å². The Labute approximate surface area is 667 Å². The third-order valence-corrected chi connectivity index (χ3v) is 39.1. The molecule has 6 aliphatic heterocycles. The van der Waals surface area contributed by atoms with E-state index >= 15 is 0 Å². The first kappa shape index (κ1) is 81.9. The first-order valence-corrected chi connectivity index (χ1v) is 47.9.